The van der Waals surface area contributed by atoms with E-state index in [0.717, 1.165) is 27.8 Å². The molecule has 0 aliphatic carbocycles. The summed E-state index contributed by atoms with van der Waals surface area (Å²) in [4.78, 5) is 0. The summed E-state index contributed by atoms with van der Waals surface area (Å²) >= 11 is 0. The molecule has 0 saturated heterocycles. The molecule has 2 heterocycles. The number of para-hydroxylation sites is 1. The average molecular weight is 198 g/mol. The van der Waals surface area contributed by atoms with Gasteiger partial charge in [0.2, 0.25) is 0 Å². The minimum absolute atomic E-state index is 0.751. The molecule has 4 heteroatoms. The molecule has 0 atom stereocenters. The Balaban J connectivity index is 2.69. The third-order valence-corrected chi connectivity index (χ3v) is 2.65. The van der Waals surface area contributed by atoms with Crippen molar-refractivity contribution in [2.75, 3.05) is 5.73 Å². The van der Waals surface area contributed by atoms with Gasteiger partial charge in [0.1, 0.15) is 6.33 Å². The van der Waals surface area contributed by atoms with Crippen LogP contribution >= 0.6 is 0 Å². The second kappa shape index (κ2) is 2.70. The number of hydrogen-bond donors (Lipinski definition) is 1. The highest BCUT2D eigenvalue weighted by Gasteiger charge is 2.06. The predicted molar refractivity (Wildman–Crippen MR) is 59.6 cm³/mol. The van der Waals surface area contributed by atoms with Crippen molar-refractivity contribution < 1.29 is 0 Å². The van der Waals surface area contributed by atoms with Gasteiger partial charge in [0.05, 0.1) is 11.2 Å². The Morgan fingerprint density at radius 3 is 3.07 bits per heavy atom. The van der Waals surface area contributed by atoms with Crippen molar-refractivity contribution in [3.8, 4) is 0 Å². The summed E-state index contributed by atoms with van der Waals surface area (Å²) in [5.74, 6) is 0. The fourth-order valence-electron chi connectivity index (χ4n) is 1.93. The molecule has 15 heavy (non-hydrogen) atoms. The maximum atomic E-state index is 5.97. The summed E-state index contributed by atoms with van der Waals surface area (Å²) < 4.78 is 1.91. The largest absolute Gasteiger partial charge is 0.397 e. The van der Waals surface area contributed by atoms with E-state index in [4.69, 9.17) is 5.73 Å². The number of nitrogen functional groups attached to an aromatic ring is 1. The van der Waals surface area contributed by atoms with Crippen LogP contribution < -0.4 is 5.73 Å². The first kappa shape index (κ1) is 8.23. The Bertz CT molecular complexity index is 654. The van der Waals surface area contributed by atoms with Gasteiger partial charge in [-0.25, -0.2) is 0 Å². The molecule has 3 rings (SSSR count). The normalized spacial score (nSPS) is 11.3. The van der Waals surface area contributed by atoms with E-state index in [1.165, 1.54) is 0 Å². The zero-order valence-corrected chi connectivity index (χ0v) is 8.31. The van der Waals surface area contributed by atoms with Gasteiger partial charge in [-0.2, -0.15) is 0 Å². The molecule has 0 amide bonds. The molecule has 0 unspecified atom stereocenters. The Morgan fingerprint density at radius 2 is 2.20 bits per heavy atom. The fraction of sp³-hybridized carbons (Fsp3) is 0.0909. The van der Waals surface area contributed by atoms with Crippen molar-refractivity contribution in [2.45, 2.75) is 6.92 Å². The quantitative estimate of drug-likeness (QED) is 0.560. The van der Waals surface area contributed by atoms with Crippen LogP contribution in [0.3, 0.4) is 0 Å². The van der Waals surface area contributed by atoms with Gasteiger partial charge in [0.25, 0.3) is 0 Å². The highest BCUT2D eigenvalue weighted by Crippen LogP contribution is 2.24. The van der Waals surface area contributed by atoms with Crippen molar-refractivity contribution in [1.29, 1.82) is 0 Å². The first-order valence-corrected chi connectivity index (χ1v) is 4.75. The minimum atomic E-state index is 0.751. The molecule has 3 aromatic rings. The van der Waals surface area contributed by atoms with Gasteiger partial charge in [-0.05, 0) is 24.6 Å². The Hall–Kier alpha value is -2.10. The monoisotopic (exact) mass is 198 g/mol. The van der Waals surface area contributed by atoms with E-state index >= 15 is 0 Å². The molecule has 4 nitrogen and oxygen atoms in total. The number of fused-ring (bicyclic) bond motifs is 3. The van der Waals surface area contributed by atoms with Crippen molar-refractivity contribution in [2.24, 2.45) is 0 Å². The lowest BCUT2D eigenvalue weighted by atomic mass is 10.1. The molecular formula is C11H10N4. The molecule has 0 bridgehead atoms. The van der Waals surface area contributed by atoms with Crippen LogP contribution in [0, 0.1) is 6.92 Å². The molecule has 0 saturated carbocycles. The van der Waals surface area contributed by atoms with Crippen molar-refractivity contribution in [3.63, 3.8) is 0 Å². The number of aryl methyl sites for hydroxylation is 1. The Kier molecular flexibility index (Phi) is 1.48. The molecule has 0 aliphatic rings. The summed E-state index contributed by atoms with van der Waals surface area (Å²) in [6, 6.07) is 7.91. The Morgan fingerprint density at radius 1 is 1.33 bits per heavy atom. The van der Waals surface area contributed by atoms with E-state index in [1.807, 2.05) is 22.6 Å². The first-order chi connectivity index (χ1) is 7.27. The van der Waals surface area contributed by atoms with E-state index in [1.54, 1.807) is 6.33 Å². The summed E-state index contributed by atoms with van der Waals surface area (Å²) in [5.41, 5.74) is 9.70. The summed E-state index contributed by atoms with van der Waals surface area (Å²) in [7, 11) is 0. The number of hydrogen-bond acceptors (Lipinski definition) is 3. The van der Waals surface area contributed by atoms with Gasteiger partial charge >= 0.3 is 0 Å². The lowest BCUT2D eigenvalue weighted by molar-refractivity contribution is 1.11. The van der Waals surface area contributed by atoms with Gasteiger partial charge in [-0.15, -0.1) is 10.2 Å². The third-order valence-electron chi connectivity index (χ3n) is 2.65. The van der Waals surface area contributed by atoms with Crippen LogP contribution in [-0.2, 0) is 0 Å². The molecule has 2 N–H and O–H groups in total. The molecule has 0 fully saturated rings. The number of pyridine rings is 1. The van der Waals surface area contributed by atoms with Crippen LogP contribution in [0.4, 0.5) is 5.69 Å². The van der Waals surface area contributed by atoms with Crippen LogP contribution in [0.2, 0.25) is 0 Å². The van der Waals surface area contributed by atoms with E-state index in [2.05, 4.69) is 23.2 Å². The second-order valence-corrected chi connectivity index (χ2v) is 3.63. The third kappa shape index (κ3) is 1.01. The second-order valence-electron chi connectivity index (χ2n) is 3.63. The van der Waals surface area contributed by atoms with E-state index in [0.29, 0.717) is 0 Å². The van der Waals surface area contributed by atoms with Crippen LogP contribution in [0.15, 0.2) is 30.6 Å². The molecule has 1 aromatic carbocycles. The van der Waals surface area contributed by atoms with Gasteiger partial charge in [0.15, 0.2) is 5.65 Å². The molecular weight excluding hydrogens is 188 g/mol. The number of nitrogens with two attached hydrogens (primary N) is 1. The molecule has 2 aromatic heterocycles. The summed E-state index contributed by atoms with van der Waals surface area (Å²) in [5, 5.41) is 9.06. The van der Waals surface area contributed by atoms with Gasteiger partial charge in [-0.3, -0.25) is 4.40 Å². The maximum absolute atomic E-state index is 5.97. The number of rotatable bonds is 0. The topological polar surface area (TPSA) is 56.2 Å². The first-order valence-electron chi connectivity index (χ1n) is 4.75. The number of nitrogens with zero attached hydrogens (tertiary/aromatic N) is 3. The SMILES string of the molecule is Cc1cc2nncn2c2c(N)cccc12. The molecule has 74 valence electrons. The predicted octanol–water partition coefficient (Wildman–Crippen LogP) is 1.77. The Labute approximate surface area is 86.3 Å². The summed E-state index contributed by atoms with van der Waals surface area (Å²) in [6.45, 7) is 2.05. The van der Waals surface area contributed by atoms with Crippen LogP contribution in [0.25, 0.3) is 16.6 Å². The average Bonchev–Trinajstić information content (AvgIpc) is 2.66. The lowest BCUT2D eigenvalue weighted by Crippen LogP contribution is -1.95. The minimum Gasteiger partial charge on any atom is -0.397 e. The van der Waals surface area contributed by atoms with Crippen molar-refractivity contribution in [3.05, 3.63) is 36.2 Å². The van der Waals surface area contributed by atoms with Crippen molar-refractivity contribution >= 4 is 22.2 Å². The van der Waals surface area contributed by atoms with Gasteiger partial charge < -0.3 is 5.73 Å². The van der Waals surface area contributed by atoms with Gasteiger partial charge in [-0.1, -0.05) is 12.1 Å². The van der Waals surface area contributed by atoms with Crippen LogP contribution in [-0.4, -0.2) is 14.6 Å². The van der Waals surface area contributed by atoms with Crippen LogP contribution in [0.1, 0.15) is 5.56 Å². The zero-order valence-electron chi connectivity index (χ0n) is 8.31. The molecule has 0 aliphatic heterocycles. The standard InChI is InChI=1S/C11H10N4/c1-7-5-10-14-13-6-15(10)11-8(7)3-2-4-9(11)12/h2-6H,12H2,1H3. The molecule has 0 radical (unpaired) electrons. The highest BCUT2D eigenvalue weighted by molar-refractivity contribution is 5.93. The zero-order chi connectivity index (χ0) is 10.4. The number of aromatic nitrogens is 3. The highest BCUT2D eigenvalue weighted by atomic mass is 15.2. The van der Waals surface area contributed by atoms with Crippen molar-refractivity contribution in [1.82, 2.24) is 14.6 Å². The smallest absolute Gasteiger partial charge is 0.161 e. The maximum Gasteiger partial charge on any atom is 0.161 e. The lowest BCUT2D eigenvalue weighted by Gasteiger charge is -2.06. The fourth-order valence-corrected chi connectivity index (χ4v) is 1.93. The number of anilines is 1. The summed E-state index contributed by atoms with van der Waals surface area (Å²) in [6.07, 6.45) is 1.69. The van der Waals surface area contributed by atoms with E-state index in [9.17, 15) is 0 Å². The van der Waals surface area contributed by atoms with E-state index in [-0.39, 0.29) is 0 Å². The van der Waals surface area contributed by atoms with Crippen LogP contribution in [0.5, 0.6) is 0 Å². The number of benzene rings is 1. The van der Waals surface area contributed by atoms with Gasteiger partial charge in [0, 0.05) is 5.39 Å². The van der Waals surface area contributed by atoms with E-state index < -0.39 is 0 Å². The molecule has 0 spiro atoms.